The van der Waals surface area contributed by atoms with Crippen molar-refractivity contribution in [2.24, 2.45) is 5.73 Å². The number of carboxylic acid groups (broad SMARTS) is 1. The summed E-state index contributed by atoms with van der Waals surface area (Å²) in [7, 11) is 2.45. The fourth-order valence-corrected chi connectivity index (χ4v) is 12.4. The van der Waals surface area contributed by atoms with Crippen LogP contribution >= 0.6 is 33.3 Å². The lowest BCUT2D eigenvalue weighted by Crippen LogP contribution is -2.59. The molecule has 2 aliphatic heterocycles. The third kappa shape index (κ3) is 23.2. The number of nitrogens with one attached hydrogen (secondary N) is 12. The van der Waals surface area contributed by atoms with Crippen molar-refractivity contribution in [2.45, 2.75) is 107 Å². The molecule has 0 saturated carbocycles. The Morgan fingerprint density at radius 1 is 0.586 bits per heavy atom. The first-order valence-electron chi connectivity index (χ1n) is 31.6. The van der Waals surface area contributed by atoms with Gasteiger partial charge in [0, 0.05) is 85.0 Å². The molecule has 17 N–H and O–H groups in total. The summed E-state index contributed by atoms with van der Waals surface area (Å²) in [5.41, 5.74) is 5.86. The van der Waals surface area contributed by atoms with E-state index in [-0.39, 0.29) is 116 Å². The van der Waals surface area contributed by atoms with Crippen LogP contribution in [-0.4, -0.2) is 198 Å². The minimum Gasteiger partial charge on any atom is -0.508 e. The van der Waals surface area contributed by atoms with Crippen molar-refractivity contribution in [3.8, 4) is 23.0 Å². The van der Waals surface area contributed by atoms with Gasteiger partial charge in [-0.1, -0.05) is 58.8 Å². The van der Waals surface area contributed by atoms with E-state index in [0.29, 0.717) is 35.3 Å². The van der Waals surface area contributed by atoms with Gasteiger partial charge in [-0.05, 0) is 99.6 Å². The van der Waals surface area contributed by atoms with Gasteiger partial charge in [-0.2, -0.15) is 11.8 Å². The largest absolute Gasteiger partial charge is 0.508 e. The van der Waals surface area contributed by atoms with E-state index >= 15 is 0 Å². The van der Waals surface area contributed by atoms with Crippen molar-refractivity contribution in [2.75, 3.05) is 70.0 Å². The number of carboxylic acids is 1. The van der Waals surface area contributed by atoms with Crippen molar-refractivity contribution in [3.63, 3.8) is 0 Å². The number of phenolic OH excluding ortho intramolecular Hbond substituents is 2. The van der Waals surface area contributed by atoms with Gasteiger partial charge in [0.2, 0.25) is 53.2 Å². The molecule has 0 saturated heterocycles. The van der Waals surface area contributed by atoms with Crippen LogP contribution in [0.25, 0.3) is 0 Å². The van der Waals surface area contributed by atoms with E-state index in [0.717, 1.165) is 11.8 Å². The Morgan fingerprint density at radius 2 is 1.15 bits per heavy atom. The minimum atomic E-state index is -1.82. The van der Waals surface area contributed by atoms with E-state index in [1.165, 1.54) is 64.1 Å². The number of carbonyl (C=O) groups excluding carboxylic acids is 11. The molecule has 4 aromatic carbocycles. The maximum absolute atomic E-state index is 14.2. The second kappa shape index (κ2) is 39.0. The predicted molar refractivity (Wildman–Crippen MR) is 368 cm³/mol. The van der Waals surface area contributed by atoms with E-state index in [2.05, 4.69) is 58.5 Å². The maximum atomic E-state index is 14.2. The van der Waals surface area contributed by atoms with Gasteiger partial charge in [0.15, 0.2) is 11.6 Å². The minimum absolute atomic E-state index is 0.00138. The summed E-state index contributed by atoms with van der Waals surface area (Å²) in [6, 6.07) is 13.2. The Balaban J connectivity index is 1.07. The van der Waals surface area contributed by atoms with E-state index in [9.17, 15) is 72.9 Å². The van der Waals surface area contributed by atoms with Gasteiger partial charge in [-0.3, -0.25) is 58.1 Å². The second-order valence-electron chi connectivity index (χ2n) is 22.5. The van der Waals surface area contributed by atoms with Gasteiger partial charge < -0.3 is 93.7 Å². The molecule has 0 radical (unpaired) electrons. The van der Waals surface area contributed by atoms with Gasteiger partial charge in [0.25, 0.3) is 5.91 Å². The summed E-state index contributed by atoms with van der Waals surface area (Å²) in [6.45, 7) is 3.12. The van der Waals surface area contributed by atoms with E-state index in [1.54, 1.807) is 68.8 Å². The highest BCUT2D eigenvalue weighted by molar-refractivity contribution is 8.76. The number of aromatic hydroxyl groups is 2. The maximum Gasteiger partial charge on any atom is 0.340 e. The molecule has 99 heavy (non-hydrogen) atoms. The number of fused-ring (bicyclic) bond motifs is 6. The lowest BCUT2D eigenvalue weighted by Gasteiger charge is -2.36. The number of esters is 1. The molecule has 10 amide bonds. The Hall–Kier alpha value is -9.80. The molecule has 1 spiro atoms. The smallest absolute Gasteiger partial charge is 0.340 e. The molecular formula is C65H83N13O18S3. The molecule has 4 aromatic rings. The summed E-state index contributed by atoms with van der Waals surface area (Å²) >= 11 is 1.12. The van der Waals surface area contributed by atoms with Gasteiger partial charge in [-0.25, -0.2) is 4.79 Å². The number of rotatable bonds is 40. The van der Waals surface area contributed by atoms with Crippen molar-refractivity contribution in [3.05, 3.63) is 118 Å². The number of hydrogen-bond donors (Lipinski definition) is 16. The van der Waals surface area contributed by atoms with Crippen LogP contribution in [0.1, 0.15) is 102 Å². The van der Waals surface area contributed by atoms with Gasteiger partial charge >= 0.3 is 11.9 Å². The van der Waals surface area contributed by atoms with Crippen LogP contribution in [0, 0.1) is 5.41 Å². The highest BCUT2D eigenvalue weighted by Crippen LogP contribution is 2.57. The van der Waals surface area contributed by atoms with Gasteiger partial charge in [0.05, 0.1) is 31.7 Å². The van der Waals surface area contributed by atoms with Crippen LogP contribution in [0.2, 0.25) is 0 Å². The standard InChI is InChI=1S/C65H83N13O18S3/c1-5-52(81)73-45(15-10-11-23-69-56(86)37-17-20-40-43(28-37)65(96-63(40)93)41-21-18-38(79)29-50(41)95-51-30-39(80)19-22-42(51)65)59(89)78-49(35-99-98-4)62(92)75-44(16-12-24-70-64(66)67)57(87)72-33-54(83)74-47(31-55(84)85)60(90)77-48(34-97-3)61(91)76-46(27-36-13-8-7-9-14-36)58(88)71-32-53(82)68-25-26-94-6-2/h7-9,13-14,17-22,28-30,44-49,79-80H,5-6,10-12,15-16,23-27,31-35H2,1-4H3,(H,68,82)(H,69,86)(H,71,88)(H,72,87)(H,73,81)(H,74,83)(H,75,92)(H,76,91)(H,77,90)(H,78,89)(H,84,85)(H4,66,67,70)/t44-,45-,46-,47-,48-,49-/m0/s1. The molecule has 0 aromatic heterocycles. The van der Waals surface area contributed by atoms with E-state index in [4.69, 9.17) is 25.4 Å². The zero-order valence-corrected chi connectivity index (χ0v) is 57.3. The fraction of sp³-hybridized carbons (Fsp3) is 0.431. The quantitative estimate of drug-likeness (QED) is 0.00954. The summed E-state index contributed by atoms with van der Waals surface area (Å²) < 4.78 is 17.4. The molecule has 34 heteroatoms. The Bertz CT molecular complexity index is 3540. The first kappa shape index (κ1) is 78.2. The number of aliphatic carboxylic acids is 1. The Kier molecular flexibility index (Phi) is 30.8. The van der Waals surface area contributed by atoms with Crippen LogP contribution in [0.4, 0.5) is 0 Å². The summed E-state index contributed by atoms with van der Waals surface area (Å²) in [4.78, 5) is 162. The average Bonchev–Trinajstić information content (AvgIpc) is 1.60. The number of amides is 10. The number of thioether (sulfide) groups is 1. The number of phenols is 2. The first-order valence-corrected chi connectivity index (χ1v) is 35.7. The molecule has 0 fully saturated rings. The summed E-state index contributed by atoms with van der Waals surface area (Å²) in [6.07, 6.45) is 2.92. The fourth-order valence-electron chi connectivity index (χ4n) is 10.5. The lowest BCUT2D eigenvalue weighted by atomic mass is 9.77. The Morgan fingerprint density at radius 3 is 1.77 bits per heavy atom. The van der Waals surface area contributed by atoms with Crippen LogP contribution < -0.4 is 69.0 Å². The third-order valence-corrected chi connectivity index (χ3v) is 17.8. The third-order valence-electron chi connectivity index (χ3n) is 15.3. The molecule has 534 valence electrons. The van der Waals surface area contributed by atoms with Crippen LogP contribution in [0.3, 0.4) is 0 Å². The SMILES string of the molecule is CCOCCNC(=O)CNC(=O)[C@H](Cc1ccccc1)NC(=O)[C@H](CSC)NC(=O)[C@H](CC(=O)O)NC(=O)CNC(=O)[C@H](CCCNC(=N)N)NC(=O)[C@H](CSSC)NC(=O)[C@H](CCCCNC(=O)c1ccc2c(c1)C1(OC2=O)c2ccc(O)cc2Oc2cc(O)ccc21)NC(=O)CC. The van der Waals surface area contributed by atoms with Crippen LogP contribution in [0.5, 0.6) is 23.0 Å². The molecule has 0 unspecified atom stereocenters. The number of guanidine groups is 1. The molecule has 2 aliphatic rings. The number of ether oxygens (including phenoxy) is 3. The first-order chi connectivity index (χ1) is 47.4. The number of nitrogens with two attached hydrogens (primary N) is 1. The number of carbonyl (C=O) groups is 12. The molecular weight excluding hydrogens is 1350 g/mol. The average molecular weight is 1430 g/mol. The highest BCUT2D eigenvalue weighted by atomic mass is 33.1. The predicted octanol–water partition coefficient (Wildman–Crippen LogP) is 0.625. The monoisotopic (exact) mass is 1430 g/mol. The zero-order chi connectivity index (χ0) is 72.2. The van der Waals surface area contributed by atoms with E-state index in [1.807, 2.05) is 0 Å². The van der Waals surface area contributed by atoms with Crippen molar-refractivity contribution < 1.29 is 87.1 Å². The Labute approximate surface area is 582 Å². The van der Waals surface area contributed by atoms with Gasteiger partial charge in [0.1, 0.15) is 59.2 Å². The number of benzene rings is 4. The van der Waals surface area contributed by atoms with E-state index < -0.39 is 132 Å². The normalized spacial score (nSPS) is 14.0. The number of hydrogen-bond acceptors (Lipinski definition) is 21. The van der Waals surface area contributed by atoms with Crippen molar-refractivity contribution in [1.29, 1.82) is 5.41 Å². The topological polar surface area (TPSA) is 475 Å². The molecule has 0 bridgehead atoms. The van der Waals surface area contributed by atoms with Crippen molar-refractivity contribution >= 4 is 110 Å². The highest BCUT2D eigenvalue weighted by Gasteiger charge is 2.54. The molecule has 6 atom stereocenters. The lowest BCUT2D eigenvalue weighted by molar-refractivity contribution is -0.141. The molecule has 2 heterocycles. The second-order valence-corrected chi connectivity index (χ2v) is 26.1. The molecule has 0 aliphatic carbocycles. The summed E-state index contributed by atoms with van der Waals surface area (Å²) in [5.74, 6) is -10.5. The van der Waals surface area contributed by atoms with Crippen LogP contribution in [0.15, 0.2) is 84.9 Å². The summed E-state index contributed by atoms with van der Waals surface area (Å²) in [5, 5.41) is 66.3. The zero-order valence-electron chi connectivity index (χ0n) is 54.8. The van der Waals surface area contributed by atoms with Crippen LogP contribution in [-0.2, 0) is 69.4 Å². The number of unbranched alkanes of at least 4 members (excludes halogenated alkanes) is 1. The molecule has 31 nitrogen and oxygen atoms in total. The molecule has 6 rings (SSSR count). The van der Waals surface area contributed by atoms with Gasteiger partial charge in [-0.15, -0.1) is 0 Å². The van der Waals surface area contributed by atoms with Crippen molar-refractivity contribution in [1.82, 2.24) is 58.5 Å².